The predicted octanol–water partition coefficient (Wildman–Crippen LogP) is 3.09. The average molecular weight is 317 g/mol. The maximum absolute atomic E-state index is 11.2. The molecule has 2 aliphatic rings. The monoisotopic (exact) mass is 316 g/mol. The zero-order valence-electron chi connectivity index (χ0n) is 11.0. The van der Waals surface area contributed by atoms with Crippen molar-refractivity contribution in [2.24, 2.45) is 0 Å². The minimum atomic E-state index is -3.67. The van der Waals surface area contributed by atoms with E-state index >= 15 is 0 Å². The summed E-state index contributed by atoms with van der Waals surface area (Å²) in [5.74, 6) is 0.676. The van der Waals surface area contributed by atoms with E-state index in [1.54, 1.807) is 12.1 Å². The zero-order valence-corrected chi connectivity index (χ0v) is 12.6. The first-order valence-corrected chi connectivity index (χ1v) is 9.13. The van der Waals surface area contributed by atoms with Gasteiger partial charge in [0.05, 0.1) is 17.1 Å². The van der Waals surface area contributed by atoms with Crippen LogP contribution in [0.25, 0.3) is 0 Å². The predicted molar refractivity (Wildman–Crippen MR) is 75.7 cm³/mol. The Morgan fingerprint density at radius 2 is 1.95 bits per heavy atom. The molecule has 6 heteroatoms. The Hall–Kier alpha value is -0.780. The van der Waals surface area contributed by atoms with E-state index in [0.717, 1.165) is 32.3 Å². The fraction of sp³-hybridized carbons (Fsp3) is 0.571. The van der Waals surface area contributed by atoms with E-state index in [-0.39, 0.29) is 16.6 Å². The average Bonchev–Trinajstić information content (AvgIpc) is 2.37. The van der Waals surface area contributed by atoms with Crippen LogP contribution >= 0.6 is 10.7 Å². The van der Waals surface area contributed by atoms with E-state index in [9.17, 15) is 8.42 Å². The van der Waals surface area contributed by atoms with Crippen molar-refractivity contribution in [2.75, 3.05) is 6.61 Å². The van der Waals surface area contributed by atoms with Gasteiger partial charge in [-0.05, 0) is 43.5 Å². The molecule has 1 aromatic carbocycles. The third-order valence-electron chi connectivity index (χ3n) is 4.12. The Labute approximate surface area is 123 Å². The van der Waals surface area contributed by atoms with Crippen molar-refractivity contribution in [1.29, 1.82) is 0 Å². The van der Waals surface area contributed by atoms with E-state index in [1.165, 1.54) is 18.6 Å². The highest BCUT2D eigenvalue weighted by atomic mass is 35.7. The summed E-state index contributed by atoms with van der Waals surface area (Å²) in [6.45, 7) is 0.735. The van der Waals surface area contributed by atoms with Gasteiger partial charge in [-0.25, -0.2) is 8.42 Å². The number of rotatable bonds is 3. The van der Waals surface area contributed by atoms with Crippen LogP contribution in [0.1, 0.15) is 32.1 Å². The second-order valence-corrected chi connectivity index (χ2v) is 8.09. The molecule has 1 aliphatic carbocycles. The lowest BCUT2D eigenvalue weighted by atomic mass is 9.74. The Morgan fingerprint density at radius 3 is 2.50 bits per heavy atom. The Kier molecular flexibility index (Phi) is 3.69. The van der Waals surface area contributed by atoms with E-state index in [4.69, 9.17) is 20.2 Å². The lowest BCUT2D eigenvalue weighted by Crippen LogP contribution is -2.48. The van der Waals surface area contributed by atoms with Gasteiger partial charge in [0.15, 0.2) is 0 Å². The van der Waals surface area contributed by atoms with Crippen molar-refractivity contribution >= 4 is 19.7 Å². The first kappa shape index (κ1) is 14.2. The van der Waals surface area contributed by atoms with Crippen molar-refractivity contribution < 1.29 is 17.9 Å². The zero-order chi connectivity index (χ0) is 14.2. The Balaban J connectivity index is 1.65. The second kappa shape index (κ2) is 5.20. The van der Waals surface area contributed by atoms with E-state index in [2.05, 4.69) is 0 Å². The number of halogens is 1. The van der Waals surface area contributed by atoms with Crippen molar-refractivity contribution in [1.82, 2.24) is 0 Å². The number of benzene rings is 1. The van der Waals surface area contributed by atoms with E-state index in [1.807, 2.05) is 0 Å². The summed E-state index contributed by atoms with van der Waals surface area (Å²) in [6.07, 6.45) is 5.41. The van der Waals surface area contributed by atoms with Gasteiger partial charge in [0.2, 0.25) is 0 Å². The molecule has 1 aliphatic heterocycles. The molecule has 4 nitrogen and oxygen atoms in total. The molecule has 0 radical (unpaired) electrons. The molecule has 0 amide bonds. The number of hydrogen-bond acceptors (Lipinski definition) is 4. The first-order chi connectivity index (χ1) is 9.47. The van der Waals surface area contributed by atoms with Crippen LogP contribution in [-0.4, -0.2) is 26.7 Å². The third kappa shape index (κ3) is 2.95. The fourth-order valence-electron chi connectivity index (χ4n) is 2.88. The van der Waals surface area contributed by atoms with Gasteiger partial charge in [-0.15, -0.1) is 0 Å². The van der Waals surface area contributed by atoms with Crippen molar-refractivity contribution in [3.63, 3.8) is 0 Å². The van der Waals surface area contributed by atoms with Gasteiger partial charge in [-0.3, -0.25) is 0 Å². The van der Waals surface area contributed by atoms with Crippen LogP contribution in [0.3, 0.4) is 0 Å². The topological polar surface area (TPSA) is 52.6 Å². The van der Waals surface area contributed by atoms with Gasteiger partial charge < -0.3 is 9.47 Å². The van der Waals surface area contributed by atoms with Gasteiger partial charge in [0.1, 0.15) is 11.9 Å². The molecule has 1 atom stereocenters. The van der Waals surface area contributed by atoms with Crippen LogP contribution in [-0.2, 0) is 13.8 Å². The van der Waals surface area contributed by atoms with Crippen LogP contribution < -0.4 is 4.74 Å². The summed E-state index contributed by atoms with van der Waals surface area (Å²) in [4.78, 5) is 0.0916. The fourth-order valence-corrected chi connectivity index (χ4v) is 3.65. The molecule has 1 unspecified atom stereocenters. The summed E-state index contributed by atoms with van der Waals surface area (Å²) in [7, 11) is 1.61. The highest BCUT2D eigenvalue weighted by molar-refractivity contribution is 8.13. The molecule has 1 saturated carbocycles. The molecule has 0 bridgehead atoms. The van der Waals surface area contributed by atoms with Crippen LogP contribution in [0.4, 0.5) is 0 Å². The summed E-state index contributed by atoms with van der Waals surface area (Å²) in [5.41, 5.74) is 0.0440. The van der Waals surface area contributed by atoms with Gasteiger partial charge in [-0.1, -0.05) is 0 Å². The van der Waals surface area contributed by atoms with Crippen LogP contribution in [0.5, 0.6) is 5.75 Å². The van der Waals surface area contributed by atoms with Crippen LogP contribution in [0.15, 0.2) is 29.2 Å². The summed E-state index contributed by atoms with van der Waals surface area (Å²) in [6, 6.07) is 6.24. The van der Waals surface area contributed by atoms with Gasteiger partial charge >= 0.3 is 0 Å². The minimum Gasteiger partial charge on any atom is -0.490 e. The molecule has 0 N–H and O–H groups in total. The third-order valence-corrected chi connectivity index (χ3v) is 5.49. The SMILES string of the molecule is O=S(=O)(Cl)c1ccc(OC2CCOC3(CCC3)C2)cc1. The lowest BCUT2D eigenvalue weighted by Gasteiger charge is -2.46. The van der Waals surface area contributed by atoms with E-state index in [0.29, 0.717) is 5.75 Å². The van der Waals surface area contributed by atoms with Gasteiger partial charge in [0, 0.05) is 23.5 Å². The molecular formula is C14H17ClO4S. The molecule has 0 aromatic heterocycles. The maximum Gasteiger partial charge on any atom is 0.261 e. The Bertz CT molecular complexity index is 578. The first-order valence-electron chi connectivity index (χ1n) is 6.82. The highest BCUT2D eigenvalue weighted by Gasteiger charge is 2.43. The number of hydrogen-bond donors (Lipinski definition) is 0. The van der Waals surface area contributed by atoms with Crippen LogP contribution in [0, 0.1) is 0 Å². The molecule has 1 saturated heterocycles. The minimum absolute atomic E-state index is 0.0440. The van der Waals surface area contributed by atoms with Crippen molar-refractivity contribution in [3.8, 4) is 5.75 Å². The maximum atomic E-state index is 11.2. The summed E-state index contributed by atoms with van der Waals surface area (Å²) in [5, 5.41) is 0. The van der Waals surface area contributed by atoms with Crippen molar-refractivity contribution in [3.05, 3.63) is 24.3 Å². The normalized spacial score (nSPS) is 25.1. The molecule has 110 valence electrons. The smallest absolute Gasteiger partial charge is 0.261 e. The highest BCUT2D eigenvalue weighted by Crippen LogP contribution is 2.43. The van der Waals surface area contributed by atoms with Crippen LogP contribution in [0.2, 0.25) is 0 Å². The molecule has 1 aromatic rings. The standard InChI is InChI=1S/C14H17ClO4S/c15-20(16,17)13-4-2-11(3-5-13)19-12-6-9-18-14(10-12)7-1-8-14/h2-5,12H,1,6-10H2. The molecule has 1 heterocycles. The summed E-state index contributed by atoms with van der Waals surface area (Å²) < 4.78 is 34.1. The molecule has 2 fully saturated rings. The molecular weight excluding hydrogens is 300 g/mol. The van der Waals surface area contributed by atoms with Crippen molar-refractivity contribution in [2.45, 2.75) is 48.7 Å². The van der Waals surface area contributed by atoms with E-state index < -0.39 is 9.05 Å². The Morgan fingerprint density at radius 1 is 1.25 bits per heavy atom. The quantitative estimate of drug-likeness (QED) is 0.804. The van der Waals surface area contributed by atoms with Gasteiger partial charge in [0.25, 0.3) is 9.05 Å². The second-order valence-electron chi connectivity index (χ2n) is 5.53. The molecule has 3 rings (SSSR count). The largest absolute Gasteiger partial charge is 0.490 e. The van der Waals surface area contributed by atoms with Gasteiger partial charge in [-0.2, -0.15) is 0 Å². The molecule has 1 spiro atoms. The lowest BCUT2D eigenvalue weighted by molar-refractivity contribution is -0.153. The number of ether oxygens (including phenoxy) is 2. The summed E-state index contributed by atoms with van der Waals surface area (Å²) >= 11 is 0. The molecule has 20 heavy (non-hydrogen) atoms.